The van der Waals surface area contributed by atoms with Gasteiger partial charge >= 0.3 is 0 Å². The maximum Gasteiger partial charge on any atom is 0.185 e. The van der Waals surface area contributed by atoms with Gasteiger partial charge in [-0.25, -0.2) is 4.39 Å². The van der Waals surface area contributed by atoms with Gasteiger partial charge in [-0.1, -0.05) is 30.3 Å². The third kappa shape index (κ3) is 3.50. The van der Waals surface area contributed by atoms with Crippen LogP contribution >= 0.6 is 22.6 Å². The summed E-state index contributed by atoms with van der Waals surface area (Å²) in [5, 5.41) is 0. The summed E-state index contributed by atoms with van der Waals surface area (Å²) in [5.41, 5.74) is 1.45. The van der Waals surface area contributed by atoms with Crippen molar-refractivity contribution in [3.63, 3.8) is 0 Å². The molecule has 2 rings (SSSR count). The summed E-state index contributed by atoms with van der Waals surface area (Å²) in [5.74, 6) is -0.339. The van der Waals surface area contributed by atoms with Crippen LogP contribution in [0.15, 0.2) is 54.6 Å². The Morgan fingerprint density at radius 2 is 1.83 bits per heavy atom. The quantitative estimate of drug-likeness (QED) is 0.457. The molecule has 0 spiro atoms. The van der Waals surface area contributed by atoms with Gasteiger partial charge in [-0.05, 0) is 58.5 Å². The van der Waals surface area contributed by atoms with E-state index < -0.39 is 0 Å². The third-order valence-corrected chi connectivity index (χ3v) is 3.08. The topological polar surface area (TPSA) is 17.1 Å². The van der Waals surface area contributed by atoms with E-state index in [-0.39, 0.29) is 11.6 Å². The molecule has 0 bridgehead atoms. The highest BCUT2D eigenvalue weighted by Crippen LogP contribution is 2.10. The molecule has 0 saturated carbocycles. The van der Waals surface area contributed by atoms with Crippen LogP contribution in [0.4, 0.5) is 4.39 Å². The predicted octanol–water partition coefficient (Wildman–Crippen LogP) is 4.33. The van der Waals surface area contributed by atoms with Gasteiger partial charge in [-0.3, -0.25) is 4.79 Å². The molecule has 18 heavy (non-hydrogen) atoms. The zero-order valence-electron chi connectivity index (χ0n) is 9.44. The van der Waals surface area contributed by atoms with E-state index in [1.54, 1.807) is 24.3 Å². The first kappa shape index (κ1) is 13.0. The van der Waals surface area contributed by atoms with Crippen molar-refractivity contribution in [2.45, 2.75) is 0 Å². The lowest BCUT2D eigenvalue weighted by molar-refractivity contribution is 0.104. The predicted molar refractivity (Wildman–Crippen MR) is 78.9 cm³/mol. The number of carbonyl (C=O) groups is 1. The van der Waals surface area contributed by atoms with Crippen molar-refractivity contribution >= 4 is 34.5 Å². The number of halogens is 2. The van der Waals surface area contributed by atoms with Crippen molar-refractivity contribution in [1.29, 1.82) is 0 Å². The molecular formula is C15H10FIO. The first-order chi connectivity index (χ1) is 8.65. The van der Waals surface area contributed by atoms with Gasteiger partial charge in [-0.2, -0.15) is 0 Å². The first-order valence-corrected chi connectivity index (χ1v) is 6.46. The Kier molecular flexibility index (Phi) is 4.25. The maximum absolute atomic E-state index is 12.7. The second-order valence-corrected chi connectivity index (χ2v) is 5.01. The minimum Gasteiger partial charge on any atom is -0.289 e. The summed E-state index contributed by atoms with van der Waals surface area (Å²) >= 11 is 2.16. The Bertz CT molecular complexity index is 588. The highest BCUT2D eigenvalue weighted by molar-refractivity contribution is 14.1. The lowest BCUT2D eigenvalue weighted by atomic mass is 10.1. The molecule has 0 radical (unpaired) electrons. The largest absolute Gasteiger partial charge is 0.289 e. The van der Waals surface area contributed by atoms with E-state index >= 15 is 0 Å². The van der Waals surface area contributed by atoms with E-state index in [1.807, 2.05) is 18.2 Å². The molecule has 0 aliphatic carbocycles. The van der Waals surface area contributed by atoms with Crippen LogP contribution in [0.5, 0.6) is 0 Å². The smallest absolute Gasteiger partial charge is 0.185 e. The summed E-state index contributed by atoms with van der Waals surface area (Å²) in [4.78, 5) is 11.9. The fourth-order valence-electron chi connectivity index (χ4n) is 1.48. The number of benzene rings is 2. The van der Waals surface area contributed by atoms with Crippen LogP contribution in [0.3, 0.4) is 0 Å². The average Bonchev–Trinajstić information content (AvgIpc) is 2.38. The number of carbonyl (C=O) groups excluding carboxylic acids is 1. The van der Waals surface area contributed by atoms with E-state index in [1.165, 1.54) is 18.2 Å². The van der Waals surface area contributed by atoms with Crippen LogP contribution in [-0.4, -0.2) is 5.78 Å². The van der Waals surface area contributed by atoms with Crippen LogP contribution in [-0.2, 0) is 0 Å². The van der Waals surface area contributed by atoms with Gasteiger partial charge in [0.1, 0.15) is 5.82 Å². The number of rotatable bonds is 3. The van der Waals surface area contributed by atoms with Gasteiger partial charge in [0.05, 0.1) is 0 Å². The van der Waals surface area contributed by atoms with Gasteiger partial charge in [0.2, 0.25) is 0 Å². The lowest BCUT2D eigenvalue weighted by Gasteiger charge is -1.97. The van der Waals surface area contributed by atoms with Crippen molar-refractivity contribution in [3.8, 4) is 0 Å². The molecule has 90 valence electrons. The summed E-state index contributed by atoms with van der Waals surface area (Å²) < 4.78 is 13.7. The van der Waals surface area contributed by atoms with Crippen molar-refractivity contribution < 1.29 is 9.18 Å². The first-order valence-electron chi connectivity index (χ1n) is 5.39. The molecule has 0 atom stereocenters. The van der Waals surface area contributed by atoms with Crippen molar-refractivity contribution in [1.82, 2.24) is 0 Å². The molecule has 0 aromatic heterocycles. The Hall–Kier alpha value is -1.49. The van der Waals surface area contributed by atoms with Gasteiger partial charge in [-0.15, -0.1) is 0 Å². The van der Waals surface area contributed by atoms with Gasteiger partial charge in [0.15, 0.2) is 5.78 Å². The van der Waals surface area contributed by atoms with Crippen LogP contribution in [0.2, 0.25) is 0 Å². The van der Waals surface area contributed by atoms with E-state index in [2.05, 4.69) is 22.6 Å². The molecule has 1 nitrogen and oxygen atoms in total. The lowest BCUT2D eigenvalue weighted by Crippen LogP contribution is -1.94. The van der Waals surface area contributed by atoms with E-state index in [4.69, 9.17) is 0 Å². The summed E-state index contributed by atoms with van der Waals surface area (Å²) in [6, 6.07) is 13.4. The zero-order chi connectivity index (χ0) is 13.0. The van der Waals surface area contributed by atoms with Gasteiger partial charge in [0, 0.05) is 9.13 Å². The Morgan fingerprint density at radius 3 is 2.50 bits per heavy atom. The normalized spacial score (nSPS) is 10.8. The molecule has 0 N–H and O–H groups in total. The highest BCUT2D eigenvalue weighted by atomic mass is 127. The number of hydrogen-bond donors (Lipinski definition) is 0. The Morgan fingerprint density at radius 1 is 1.11 bits per heavy atom. The second kappa shape index (κ2) is 5.91. The van der Waals surface area contributed by atoms with Gasteiger partial charge in [0.25, 0.3) is 0 Å². The van der Waals surface area contributed by atoms with Gasteiger partial charge < -0.3 is 0 Å². The van der Waals surface area contributed by atoms with E-state index in [0.717, 1.165) is 9.13 Å². The Balaban J connectivity index is 2.14. The zero-order valence-corrected chi connectivity index (χ0v) is 11.6. The average molecular weight is 352 g/mol. The molecular weight excluding hydrogens is 342 g/mol. The molecule has 3 heteroatoms. The number of hydrogen-bond acceptors (Lipinski definition) is 1. The summed E-state index contributed by atoms with van der Waals surface area (Å²) in [6.45, 7) is 0. The van der Waals surface area contributed by atoms with Crippen molar-refractivity contribution in [2.75, 3.05) is 0 Å². The minimum absolute atomic E-state index is 0.0576. The molecule has 0 aliphatic rings. The molecule has 0 unspecified atom stereocenters. The Labute approximate surface area is 118 Å². The SMILES string of the molecule is O=C(C=Cc1ccc(F)cc1)c1cccc(I)c1. The minimum atomic E-state index is -0.281. The standard InChI is InChI=1S/C15H10FIO/c16-13-7-4-11(5-8-13)6-9-15(18)12-2-1-3-14(17)10-12/h1-10H. The van der Waals surface area contributed by atoms with Crippen LogP contribution < -0.4 is 0 Å². The van der Waals surface area contributed by atoms with E-state index in [0.29, 0.717) is 5.56 Å². The molecule has 2 aromatic carbocycles. The van der Waals surface area contributed by atoms with Crippen LogP contribution in [0.1, 0.15) is 15.9 Å². The molecule has 0 fully saturated rings. The fraction of sp³-hybridized carbons (Fsp3) is 0. The molecule has 0 saturated heterocycles. The summed E-state index contributed by atoms with van der Waals surface area (Å²) in [7, 11) is 0. The third-order valence-electron chi connectivity index (χ3n) is 2.41. The fourth-order valence-corrected chi connectivity index (χ4v) is 2.03. The molecule has 0 aliphatic heterocycles. The van der Waals surface area contributed by atoms with E-state index in [9.17, 15) is 9.18 Å². The molecule has 0 heterocycles. The number of ketones is 1. The second-order valence-electron chi connectivity index (χ2n) is 3.76. The van der Waals surface area contributed by atoms with Crippen LogP contribution in [0, 0.1) is 9.39 Å². The number of allylic oxidation sites excluding steroid dienone is 1. The highest BCUT2D eigenvalue weighted by Gasteiger charge is 2.01. The summed E-state index contributed by atoms with van der Waals surface area (Å²) in [6.07, 6.45) is 3.18. The monoisotopic (exact) mass is 352 g/mol. The molecule has 2 aromatic rings. The maximum atomic E-state index is 12.7. The van der Waals surface area contributed by atoms with Crippen LogP contribution in [0.25, 0.3) is 6.08 Å². The molecule has 0 amide bonds. The van der Waals surface area contributed by atoms with Crippen molar-refractivity contribution in [2.24, 2.45) is 0 Å². The van der Waals surface area contributed by atoms with Crippen molar-refractivity contribution in [3.05, 3.63) is 75.1 Å².